The van der Waals surface area contributed by atoms with Crippen LogP contribution in [0.1, 0.15) is 25.0 Å². The molecule has 0 amide bonds. The van der Waals surface area contributed by atoms with Gasteiger partial charge in [0, 0.05) is 32.1 Å². The summed E-state index contributed by atoms with van der Waals surface area (Å²) in [4.78, 5) is 0. The molecule has 1 fully saturated rings. The molecule has 19 heavy (non-hydrogen) atoms. The molecule has 1 aliphatic carbocycles. The molecule has 2 unspecified atom stereocenters. The number of rotatable bonds is 4. The third-order valence-corrected chi connectivity index (χ3v) is 4.12. The van der Waals surface area contributed by atoms with Gasteiger partial charge in [-0.05, 0) is 25.3 Å². The van der Waals surface area contributed by atoms with Gasteiger partial charge in [0.25, 0.3) is 0 Å². The lowest BCUT2D eigenvalue weighted by Crippen LogP contribution is -2.36. The second-order valence-electron chi connectivity index (χ2n) is 5.28. The fourth-order valence-electron chi connectivity index (χ4n) is 3.09. The van der Waals surface area contributed by atoms with Crippen molar-refractivity contribution in [3.8, 4) is 0 Å². The van der Waals surface area contributed by atoms with Crippen LogP contribution in [0.3, 0.4) is 0 Å². The first-order valence-corrected chi connectivity index (χ1v) is 6.96. The van der Waals surface area contributed by atoms with Crippen molar-refractivity contribution >= 4 is 10.9 Å². The molecule has 0 saturated heterocycles. The normalized spacial score (nSPS) is 23.3. The molecule has 2 atom stereocenters. The Balaban J connectivity index is 1.75. The average Bonchev–Trinajstić information content (AvgIpc) is 3.02. The number of nitrogens with one attached hydrogen (secondary N) is 1. The van der Waals surface area contributed by atoms with Crippen molar-refractivity contribution in [2.75, 3.05) is 7.11 Å². The van der Waals surface area contributed by atoms with Crippen LogP contribution in [-0.2, 0) is 18.3 Å². The van der Waals surface area contributed by atoms with Gasteiger partial charge in [0.05, 0.1) is 17.3 Å². The van der Waals surface area contributed by atoms with E-state index >= 15 is 0 Å². The molecule has 0 spiro atoms. The van der Waals surface area contributed by atoms with Crippen LogP contribution in [0.2, 0.25) is 0 Å². The third kappa shape index (κ3) is 2.38. The molecule has 1 heterocycles. The summed E-state index contributed by atoms with van der Waals surface area (Å²) in [6.45, 7) is 0.811. The summed E-state index contributed by atoms with van der Waals surface area (Å²) >= 11 is 0. The van der Waals surface area contributed by atoms with Crippen molar-refractivity contribution in [1.29, 1.82) is 0 Å². The van der Waals surface area contributed by atoms with E-state index in [2.05, 4.69) is 34.7 Å². The summed E-state index contributed by atoms with van der Waals surface area (Å²) in [6, 6.07) is 8.84. The SMILES string of the molecule is COC1CCCC1NCc1nn(C)c2ccccc12. The first-order valence-electron chi connectivity index (χ1n) is 6.96. The predicted molar refractivity (Wildman–Crippen MR) is 76.0 cm³/mol. The predicted octanol–water partition coefficient (Wildman–Crippen LogP) is 2.23. The van der Waals surface area contributed by atoms with E-state index in [4.69, 9.17) is 4.74 Å². The standard InChI is InChI=1S/C15H21N3O/c1-18-14-8-4-3-6-11(14)13(17-18)10-16-12-7-5-9-15(12)19-2/h3-4,6,8,12,15-16H,5,7,9-10H2,1-2H3. The van der Waals surface area contributed by atoms with Crippen LogP contribution in [0, 0.1) is 0 Å². The molecule has 0 aliphatic heterocycles. The maximum absolute atomic E-state index is 5.52. The van der Waals surface area contributed by atoms with Crippen molar-refractivity contribution in [2.45, 2.75) is 38.0 Å². The number of hydrogen-bond donors (Lipinski definition) is 1. The number of aryl methyl sites for hydroxylation is 1. The van der Waals surface area contributed by atoms with Crippen LogP contribution in [0.5, 0.6) is 0 Å². The molecule has 0 radical (unpaired) electrons. The van der Waals surface area contributed by atoms with Gasteiger partial charge < -0.3 is 10.1 Å². The van der Waals surface area contributed by atoms with Crippen molar-refractivity contribution in [1.82, 2.24) is 15.1 Å². The summed E-state index contributed by atoms with van der Waals surface area (Å²) in [5.74, 6) is 0. The molecular formula is C15H21N3O. The summed E-state index contributed by atoms with van der Waals surface area (Å²) in [6.07, 6.45) is 3.97. The lowest BCUT2D eigenvalue weighted by molar-refractivity contribution is 0.0846. The Kier molecular flexibility index (Phi) is 3.53. The largest absolute Gasteiger partial charge is 0.380 e. The maximum Gasteiger partial charge on any atom is 0.0841 e. The highest BCUT2D eigenvalue weighted by Crippen LogP contribution is 2.23. The zero-order chi connectivity index (χ0) is 13.2. The highest BCUT2D eigenvalue weighted by Gasteiger charge is 2.26. The van der Waals surface area contributed by atoms with E-state index in [1.807, 2.05) is 11.7 Å². The van der Waals surface area contributed by atoms with Crippen LogP contribution >= 0.6 is 0 Å². The fourth-order valence-corrected chi connectivity index (χ4v) is 3.09. The van der Waals surface area contributed by atoms with Crippen LogP contribution in [-0.4, -0.2) is 29.0 Å². The van der Waals surface area contributed by atoms with E-state index in [1.165, 1.54) is 23.7 Å². The van der Waals surface area contributed by atoms with Gasteiger partial charge in [-0.3, -0.25) is 4.68 Å². The van der Waals surface area contributed by atoms with Gasteiger partial charge in [0.2, 0.25) is 0 Å². The Morgan fingerprint density at radius 2 is 2.21 bits per heavy atom. The van der Waals surface area contributed by atoms with Crippen LogP contribution in [0.15, 0.2) is 24.3 Å². The highest BCUT2D eigenvalue weighted by molar-refractivity contribution is 5.81. The molecule has 1 aromatic heterocycles. The molecule has 1 aliphatic rings. The van der Waals surface area contributed by atoms with Crippen LogP contribution < -0.4 is 5.32 Å². The van der Waals surface area contributed by atoms with Gasteiger partial charge in [-0.15, -0.1) is 0 Å². The number of nitrogens with zero attached hydrogens (tertiary/aromatic N) is 2. The first-order chi connectivity index (χ1) is 9.29. The number of ether oxygens (including phenoxy) is 1. The molecule has 4 nitrogen and oxygen atoms in total. The van der Waals surface area contributed by atoms with Gasteiger partial charge in [-0.1, -0.05) is 18.2 Å². The molecule has 102 valence electrons. The van der Waals surface area contributed by atoms with E-state index in [1.54, 1.807) is 7.11 Å². The molecule has 1 N–H and O–H groups in total. The van der Waals surface area contributed by atoms with Gasteiger partial charge in [-0.2, -0.15) is 5.10 Å². The van der Waals surface area contributed by atoms with Crippen molar-refractivity contribution in [3.05, 3.63) is 30.0 Å². The Morgan fingerprint density at radius 3 is 3.05 bits per heavy atom. The number of para-hydroxylation sites is 1. The highest BCUT2D eigenvalue weighted by atomic mass is 16.5. The lowest BCUT2D eigenvalue weighted by atomic mass is 10.2. The third-order valence-electron chi connectivity index (χ3n) is 4.12. The number of methoxy groups -OCH3 is 1. The first kappa shape index (κ1) is 12.6. The van der Waals surface area contributed by atoms with E-state index in [-0.39, 0.29) is 0 Å². The minimum atomic E-state index is 0.356. The zero-order valence-corrected chi connectivity index (χ0v) is 11.6. The van der Waals surface area contributed by atoms with Crippen LogP contribution in [0.4, 0.5) is 0 Å². The summed E-state index contributed by atoms with van der Waals surface area (Å²) < 4.78 is 7.47. The lowest BCUT2D eigenvalue weighted by Gasteiger charge is -2.19. The van der Waals surface area contributed by atoms with Crippen molar-refractivity contribution < 1.29 is 4.74 Å². The maximum atomic E-state index is 5.52. The zero-order valence-electron chi connectivity index (χ0n) is 11.6. The van der Waals surface area contributed by atoms with Gasteiger partial charge in [0.1, 0.15) is 0 Å². The summed E-state index contributed by atoms with van der Waals surface area (Å²) in [5.41, 5.74) is 2.31. The number of fused-ring (bicyclic) bond motifs is 1. The van der Waals surface area contributed by atoms with Crippen molar-refractivity contribution in [3.63, 3.8) is 0 Å². The Hall–Kier alpha value is -1.39. The Morgan fingerprint density at radius 1 is 1.37 bits per heavy atom. The molecule has 4 heteroatoms. The van der Waals surface area contributed by atoms with E-state index in [0.29, 0.717) is 12.1 Å². The van der Waals surface area contributed by atoms with Crippen molar-refractivity contribution in [2.24, 2.45) is 7.05 Å². The van der Waals surface area contributed by atoms with E-state index in [9.17, 15) is 0 Å². The average molecular weight is 259 g/mol. The number of benzene rings is 1. The fraction of sp³-hybridized carbons (Fsp3) is 0.533. The minimum absolute atomic E-state index is 0.356. The van der Waals surface area contributed by atoms with Gasteiger partial charge in [0.15, 0.2) is 0 Å². The quantitative estimate of drug-likeness (QED) is 0.915. The number of aromatic nitrogens is 2. The smallest absolute Gasteiger partial charge is 0.0841 e. The second kappa shape index (κ2) is 5.31. The second-order valence-corrected chi connectivity index (χ2v) is 5.28. The van der Waals surface area contributed by atoms with Gasteiger partial charge in [-0.25, -0.2) is 0 Å². The Bertz CT molecular complexity index is 564. The molecule has 3 rings (SSSR count). The van der Waals surface area contributed by atoms with Gasteiger partial charge >= 0.3 is 0 Å². The minimum Gasteiger partial charge on any atom is -0.380 e. The Labute approximate surface area is 113 Å². The summed E-state index contributed by atoms with van der Waals surface area (Å²) in [7, 11) is 3.81. The topological polar surface area (TPSA) is 39.1 Å². The number of hydrogen-bond acceptors (Lipinski definition) is 3. The molecule has 2 aromatic rings. The molecule has 0 bridgehead atoms. The molecule has 1 aromatic carbocycles. The van der Waals surface area contributed by atoms with Crippen LogP contribution in [0.25, 0.3) is 10.9 Å². The monoisotopic (exact) mass is 259 g/mol. The molecule has 1 saturated carbocycles. The van der Waals surface area contributed by atoms with E-state index < -0.39 is 0 Å². The van der Waals surface area contributed by atoms with E-state index in [0.717, 1.165) is 18.7 Å². The molecular weight excluding hydrogens is 238 g/mol. The summed E-state index contributed by atoms with van der Waals surface area (Å²) in [5, 5.41) is 9.46.